The topological polar surface area (TPSA) is 77.8 Å². The Kier molecular flexibility index (Phi) is 3.57. The van der Waals surface area contributed by atoms with Crippen LogP contribution in [0.1, 0.15) is 60.5 Å². The lowest BCUT2D eigenvalue weighted by molar-refractivity contribution is -0.0211. The molecule has 1 fully saturated rings. The molecule has 4 atom stereocenters. The van der Waals surface area contributed by atoms with Gasteiger partial charge in [-0.1, -0.05) is 26.3 Å². The van der Waals surface area contributed by atoms with E-state index in [2.05, 4.69) is 13.8 Å². The Bertz CT molecular complexity index is 611. The molecule has 0 bridgehead atoms. The summed E-state index contributed by atoms with van der Waals surface area (Å²) in [6.07, 6.45) is 3.01. The second kappa shape index (κ2) is 5.07. The third-order valence-corrected chi connectivity index (χ3v) is 6.15. The molecular formula is C18H24O4. The molecule has 120 valence electrons. The van der Waals surface area contributed by atoms with Crippen LogP contribution in [0.3, 0.4) is 0 Å². The van der Waals surface area contributed by atoms with Gasteiger partial charge < -0.3 is 15.3 Å². The van der Waals surface area contributed by atoms with Gasteiger partial charge >= 0.3 is 5.97 Å². The molecule has 1 saturated carbocycles. The van der Waals surface area contributed by atoms with Gasteiger partial charge in [0, 0.05) is 12.5 Å². The highest BCUT2D eigenvalue weighted by Crippen LogP contribution is 2.63. The zero-order valence-electron chi connectivity index (χ0n) is 13.2. The summed E-state index contributed by atoms with van der Waals surface area (Å²) < 4.78 is 0. The zero-order chi connectivity index (χ0) is 16.1. The van der Waals surface area contributed by atoms with Gasteiger partial charge in [-0.3, -0.25) is 0 Å². The van der Waals surface area contributed by atoms with Crippen LogP contribution < -0.4 is 0 Å². The van der Waals surface area contributed by atoms with Crippen LogP contribution in [0.5, 0.6) is 0 Å². The number of rotatable bonds is 3. The minimum Gasteiger partial charge on any atom is -0.478 e. The van der Waals surface area contributed by atoms with E-state index in [1.807, 2.05) is 6.07 Å². The molecule has 0 spiro atoms. The minimum atomic E-state index is -0.940. The van der Waals surface area contributed by atoms with Gasteiger partial charge in [0.1, 0.15) is 0 Å². The predicted molar refractivity (Wildman–Crippen MR) is 83.1 cm³/mol. The lowest BCUT2D eigenvalue weighted by atomic mass is 9.54. The molecule has 0 amide bonds. The number of carboxylic acid groups (broad SMARTS) is 1. The number of carboxylic acids is 1. The summed E-state index contributed by atoms with van der Waals surface area (Å²) in [7, 11) is 0. The van der Waals surface area contributed by atoms with E-state index in [0.717, 1.165) is 30.4 Å². The number of hydrogen-bond acceptors (Lipinski definition) is 3. The second-order valence-electron chi connectivity index (χ2n) is 7.46. The van der Waals surface area contributed by atoms with Gasteiger partial charge in [0.2, 0.25) is 0 Å². The van der Waals surface area contributed by atoms with Crippen molar-refractivity contribution in [1.82, 2.24) is 0 Å². The Morgan fingerprint density at radius 2 is 2.00 bits per heavy atom. The first-order valence-electron chi connectivity index (χ1n) is 7.97. The van der Waals surface area contributed by atoms with Crippen molar-refractivity contribution in [3.63, 3.8) is 0 Å². The zero-order valence-corrected chi connectivity index (χ0v) is 13.2. The first-order valence-corrected chi connectivity index (χ1v) is 7.97. The third-order valence-electron chi connectivity index (χ3n) is 6.15. The van der Waals surface area contributed by atoms with Crippen LogP contribution in [0.4, 0.5) is 0 Å². The van der Waals surface area contributed by atoms with E-state index >= 15 is 0 Å². The first kappa shape index (κ1) is 15.5. The molecule has 2 aliphatic rings. The molecule has 0 radical (unpaired) electrons. The number of aromatic carboxylic acids is 1. The number of fused-ring (bicyclic) bond motifs is 3. The first-order chi connectivity index (χ1) is 10.4. The molecule has 4 nitrogen and oxygen atoms in total. The van der Waals surface area contributed by atoms with Crippen LogP contribution >= 0.6 is 0 Å². The fraction of sp³-hybridized carbons (Fsp3) is 0.611. The largest absolute Gasteiger partial charge is 0.478 e. The molecule has 0 aliphatic heterocycles. The van der Waals surface area contributed by atoms with Crippen molar-refractivity contribution >= 4 is 5.97 Å². The van der Waals surface area contributed by atoms with E-state index in [1.165, 1.54) is 0 Å². The van der Waals surface area contributed by atoms with Crippen LogP contribution in [0, 0.1) is 11.3 Å². The Morgan fingerprint density at radius 1 is 1.27 bits per heavy atom. The van der Waals surface area contributed by atoms with Crippen molar-refractivity contribution in [2.45, 2.75) is 44.4 Å². The summed E-state index contributed by atoms with van der Waals surface area (Å²) in [5.41, 5.74) is 2.04. The van der Waals surface area contributed by atoms with Crippen LogP contribution in [-0.2, 0) is 5.41 Å². The van der Waals surface area contributed by atoms with E-state index in [0.29, 0.717) is 0 Å². The van der Waals surface area contributed by atoms with Gasteiger partial charge in [0.05, 0.1) is 12.2 Å². The molecule has 4 heteroatoms. The fourth-order valence-corrected chi connectivity index (χ4v) is 5.25. The quantitative estimate of drug-likeness (QED) is 0.802. The summed E-state index contributed by atoms with van der Waals surface area (Å²) in [5, 5.41) is 29.2. The Hall–Kier alpha value is -1.39. The van der Waals surface area contributed by atoms with Crippen molar-refractivity contribution in [1.29, 1.82) is 0 Å². The van der Waals surface area contributed by atoms with Gasteiger partial charge in [-0.2, -0.15) is 0 Å². The van der Waals surface area contributed by atoms with Gasteiger partial charge in [0.15, 0.2) is 0 Å². The number of hydrogen-bond donors (Lipinski definition) is 3. The number of benzene rings is 1. The molecule has 2 aliphatic carbocycles. The van der Waals surface area contributed by atoms with Crippen molar-refractivity contribution in [3.8, 4) is 0 Å². The molecule has 22 heavy (non-hydrogen) atoms. The van der Waals surface area contributed by atoms with E-state index in [-0.39, 0.29) is 41.4 Å². The lowest BCUT2D eigenvalue weighted by Gasteiger charge is -2.50. The van der Waals surface area contributed by atoms with Gasteiger partial charge in [-0.05, 0) is 52.8 Å². The average Bonchev–Trinajstić information content (AvgIpc) is 2.76. The smallest absolute Gasteiger partial charge is 0.335 e. The molecule has 1 aromatic rings. The van der Waals surface area contributed by atoms with E-state index < -0.39 is 5.97 Å². The molecule has 0 aromatic heterocycles. The van der Waals surface area contributed by atoms with Gasteiger partial charge in [-0.15, -0.1) is 0 Å². The Morgan fingerprint density at radius 3 is 2.59 bits per heavy atom. The highest BCUT2D eigenvalue weighted by Gasteiger charge is 2.57. The molecule has 0 heterocycles. The fourth-order valence-electron chi connectivity index (χ4n) is 5.25. The SMILES string of the molecule is CC1(CO)CCCC2(C)c3ccc(C(=O)O)cc3C(CO)C12. The molecule has 1 aromatic carbocycles. The van der Waals surface area contributed by atoms with Crippen LogP contribution in [-0.4, -0.2) is 34.5 Å². The van der Waals surface area contributed by atoms with Crippen molar-refractivity contribution in [2.24, 2.45) is 11.3 Å². The summed E-state index contributed by atoms with van der Waals surface area (Å²) in [6, 6.07) is 5.30. The van der Waals surface area contributed by atoms with Crippen LogP contribution in [0.25, 0.3) is 0 Å². The highest BCUT2D eigenvalue weighted by molar-refractivity contribution is 5.88. The number of aliphatic hydroxyl groups is 2. The summed E-state index contributed by atoms with van der Waals surface area (Å²) in [4.78, 5) is 11.3. The standard InChI is InChI=1S/C18H24O4/c1-17(10-20)6-3-7-18(2)14-5-4-11(16(21)22)8-12(14)13(9-19)15(17)18/h4-5,8,13,15,19-20H,3,6-7,9-10H2,1-2H3,(H,21,22). The Balaban J connectivity index is 2.18. The summed E-state index contributed by atoms with van der Waals surface area (Å²) in [6.45, 7) is 4.40. The Labute approximate surface area is 130 Å². The summed E-state index contributed by atoms with van der Waals surface area (Å²) in [5.74, 6) is -0.899. The van der Waals surface area contributed by atoms with Crippen LogP contribution in [0.2, 0.25) is 0 Å². The maximum absolute atomic E-state index is 11.3. The summed E-state index contributed by atoms with van der Waals surface area (Å²) >= 11 is 0. The molecule has 4 unspecified atom stereocenters. The molecule has 3 N–H and O–H groups in total. The molecular weight excluding hydrogens is 280 g/mol. The van der Waals surface area contributed by atoms with E-state index in [4.69, 9.17) is 0 Å². The maximum atomic E-state index is 11.3. The minimum absolute atomic E-state index is 0.00802. The van der Waals surface area contributed by atoms with Crippen molar-refractivity contribution < 1.29 is 20.1 Å². The lowest BCUT2D eigenvalue weighted by Crippen LogP contribution is -2.47. The maximum Gasteiger partial charge on any atom is 0.335 e. The third kappa shape index (κ3) is 1.94. The monoisotopic (exact) mass is 304 g/mol. The van der Waals surface area contributed by atoms with E-state index in [9.17, 15) is 20.1 Å². The van der Waals surface area contributed by atoms with Crippen molar-refractivity contribution in [2.75, 3.05) is 13.2 Å². The average molecular weight is 304 g/mol. The molecule has 0 saturated heterocycles. The second-order valence-corrected chi connectivity index (χ2v) is 7.46. The van der Waals surface area contributed by atoms with E-state index in [1.54, 1.807) is 12.1 Å². The predicted octanol–water partition coefficient (Wildman–Crippen LogP) is 2.53. The van der Waals surface area contributed by atoms with Crippen molar-refractivity contribution in [3.05, 3.63) is 34.9 Å². The van der Waals surface area contributed by atoms with Gasteiger partial charge in [0.25, 0.3) is 0 Å². The number of aliphatic hydroxyl groups excluding tert-OH is 2. The van der Waals surface area contributed by atoms with Crippen LogP contribution in [0.15, 0.2) is 18.2 Å². The normalized spacial score (nSPS) is 36.7. The molecule has 3 rings (SSSR count). The highest BCUT2D eigenvalue weighted by atomic mass is 16.4. The number of carbonyl (C=O) groups is 1. The van der Waals surface area contributed by atoms with Gasteiger partial charge in [-0.25, -0.2) is 4.79 Å².